The van der Waals surface area contributed by atoms with E-state index in [4.69, 9.17) is 0 Å². The van der Waals surface area contributed by atoms with Gasteiger partial charge in [-0.05, 0) is 30.7 Å². The number of hydrogen-bond donors (Lipinski definition) is 1. The molecular weight excluding hydrogens is 406 g/mol. The first kappa shape index (κ1) is 19.8. The number of rotatable bonds is 7. The van der Waals surface area contributed by atoms with E-state index in [1.54, 1.807) is 4.68 Å². The Balaban J connectivity index is 1.79. The van der Waals surface area contributed by atoms with Crippen molar-refractivity contribution >= 4 is 43.5 Å². The van der Waals surface area contributed by atoms with Crippen LogP contribution in [0.4, 0.5) is 11.5 Å². The normalized spacial score (nSPS) is 11.8. The number of hydrogen-bond acceptors (Lipinski definition) is 6. The molecule has 154 valence electrons. The highest BCUT2D eigenvalue weighted by Crippen LogP contribution is 2.28. The molecule has 1 N–H and O–H groups in total. The predicted molar refractivity (Wildman–Crippen MR) is 114 cm³/mol. The number of non-ortho nitro benzene ring substituents is 1. The first-order valence-electron chi connectivity index (χ1n) is 9.42. The summed E-state index contributed by atoms with van der Waals surface area (Å²) in [6.07, 6.45) is 1.83. The van der Waals surface area contributed by atoms with E-state index in [0.717, 1.165) is 35.9 Å². The van der Waals surface area contributed by atoms with Gasteiger partial charge in [-0.25, -0.2) is 18.1 Å². The van der Waals surface area contributed by atoms with Crippen molar-refractivity contribution in [2.45, 2.75) is 31.2 Å². The number of fused-ring (bicyclic) bond motifs is 2. The lowest BCUT2D eigenvalue weighted by atomic mass is 10.2. The van der Waals surface area contributed by atoms with Crippen molar-refractivity contribution in [3.8, 4) is 0 Å². The fraction of sp³-hybridized carbons (Fsp3) is 0.200. The number of nitrogens with one attached hydrogen (secondary N) is 1. The quantitative estimate of drug-likeness (QED) is 0.352. The lowest BCUT2D eigenvalue weighted by Gasteiger charge is -2.06. The Hall–Kier alpha value is -3.53. The molecule has 0 fully saturated rings. The second kappa shape index (κ2) is 7.71. The summed E-state index contributed by atoms with van der Waals surface area (Å²) in [6, 6.07) is 14.1. The molecule has 0 unspecified atom stereocenters. The van der Waals surface area contributed by atoms with Crippen molar-refractivity contribution in [3.63, 3.8) is 0 Å². The number of aromatic nitrogens is 3. The van der Waals surface area contributed by atoms with Crippen molar-refractivity contribution in [1.82, 2.24) is 14.8 Å². The molecule has 9 nitrogen and oxygen atoms in total. The highest BCUT2D eigenvalue weighted by molar-refractivity contribution is 7.92. The summed E-state index contributed by atoms with van der Waals surface area (Å²) < 4.78 is 30.0. The molecule has 10 heteroatoms. The van der Waals surface area contributed by atoms with E-state index in [2.05, 4.69) is 21.7 Å². The highest BCUT2D eigenvalue weighted by Gasteiger charge is 2.21. The molecule has 0 amide bonds. The Bertz CT molecular complexity index is 1350. The fourth-order valence-electron chi connectivity index (χ4n) is 3.17. The lowest BCUT2D eigenvalue weighted by molar-refractivity contribution is -0.384. The summed E-state index contributed by atoms with van der Waals surface area (Å²) in [5.41, 5.74) is 1.22. The van der Waals surface area contributed by atoms with Crippen LogP contribution in [0.1, 0.15) is 19.8 Å². The third-order valence-electron chi connectivity index (χ3n) is 4.74. The van der Waals surface area contributed by atoms with Crippen LogP contribution in [-0.2, 0) is 16.6 Å². The van der Waals surface area contributed by atoms with Gasteiger partial charge in [-0.1, -0.05) is 31.5 Å². The maximum atomic E-state index is 12.9. The molecule has 0 saturated heterocycles. The van der Waals surface area contributed by atoms with Crippen LogP contribution in [0.5, 0.6) is 0 Å². The van der Waals surface area contributed by atoms with Gasteiger partial charge < -0.3 is 0 Å². The summed E-state index contributed by atoms with van der Waals surface area (Å²) in [4.78, 5) is 14.8. The number of sulfonamides is 1. The number of unbranched alkanes of at least 4 members (excludes halogenated alkanes) is 1. The summed E-state index contributed by atoms with van der Waals surface area (Å²) in [5.74, 6) is 0.178. The van der Waals surface area contributed by atoms with Gasteiger partial charge in [0.1, 0.15) is 0 Å². The van der Waals surface area contributed by atoms with Gasteiger partial charge in [0, 0.05) is 24.1 Å². The number of nitro groups is 1. The van der Waals surface area contributed by atoms with E-state index >= 15 is 0 Å². The lowest BCUT2D eigenvalue weighted by Crippen LogP contribution is -2.14. The van der Waals surface area contributed by atoms with Crippen LogP contribution in [0, 0.1) is 10.1 Å². The third kappa shape index (κ3) is 3.69. The molecule has 0 saturated carbocycles. The molecule has 2 aromatic carbocycles. The number of aryl methyl sites for hydroxylation is 1. The minimum atomic E-state index is -3.98. The first-order valence-corrected chi connectivity index (χ1v) is 10.9. The van der Waals surface area contributed by atoms with Crippen molar-refractivity contribution < 1.29 is 13.3 Å². The van der Waals surface area contributed by atoms with Crippen molar-refractivity contribution in [3.05, 3.63) is 64.7 Å². The van der Waals surface area contributed by atoms with E-state index in [9.17, 15) is 18.5 Å². The van der Waals surface area contributed by atoms with Crippen molar-refractivity contribution in [1.29, 1.82) is 0 Å². The third-order valence-corrected chi connectivity index (χ3v) is 6.09. The number of nitrogens with zero attached hydrogens (tertiary/aromatic N) is 4. The van der Waals surface area contributed by atoms with E-state index in [-0.39, 0.29) is 16.4 Å². The monoisotopic (exact) mass is 425 g/mol. The maximum absolute atomic E-state index is 12.9. The standard InChI is InChI=1S/C20H19N5O4S/c1-2-3-12-24-20-17(13-14-6-4-5-7-18(14)21-20)19(22-24)23-30(28,29)16-10-8-15(9-11-16)25(26)27/h4-11,13H,2-3,12H2,1H3,(H,22,23). The second-order valence-corrected chi connectivity index (χ2v) is 8.52. The second-order valence-electron chi connectivity index (χ2n) is 6.83. The molecule has 0 atom stereocenters. The predicted octanol–water partition coefficient (Wildman–Crippen LogP) is 4.09. The van der Waals surface area contributed by atoms with Crippen LogP contribution in [-0.4, -0.2) is 28.1 Å². The topological polar surface area (TPSA) is 120 Å². The zero-order valence-corrected chi connectivity index (χ0v) is 17.0. The Morgan fingerprint density at radius 2 is 1.87 bits per heavy atom. The number of para-hydroxylation sites is 1. The van der Waals surface area contributed by atoms with Crippen LogP contribution in [0.2, 0.25) is 0 Å². The number of pyridine rings is 1. The van der Waals surface area contributed by atoms with Gasteiger partial charge in [0.15, 0.2) is 11.5 Å². The zero-order valence-electron chi connectivity index (χ0n) is 16.1. The summed E-state index contributed by atoms with van der Waals surface area (Å²) in [5, 5.41) is 16.7. The molecular formula is C20H19N5O4S. The fourth-order valence-corrected chi connectivity index (χ4v) is 4.19. The van der Waals surface area contributed by atoms with E-state index in [1.165, 1.54) is 12.1 Å². The zero-order chi connectivity index (χ0) is 21.3. The minimum absolute atomic E-state index is 0.0851. The average Bonchev–Trinajstić information content (AvgIpc) is 3.06. The van der Waals surface area contributed by atoms with E-state index in [1.807, 2.05) is 30.3 Å². The highest BCUT2D eigenvalue weighted by atomic mass is 32.2. The molecule has 0 radical (unpaired) electrons. The summed E-state index contributed by atoms with van der Waals surface area (Å²) in [7, 11) is -3.98. The van der Waals surface area contributed by atoms with Gasteiger partial charge in [-0.3, -0.25) is 14.8 Å². The van der Waals surface area contributed by atoms with E-state index in [0.29, 0.717) is 17.6 Å². The summed E-state index contributed by atoms with van der Waals surface area (Å²) >= 11 is 0. The molecule has 0 aliphatic carbocycles. The van der Waals surface area contributed by atoms with Crippen LogP contribution in [0.3, 0.4) is 0 Å². The molecule has 0 spiro atoms. The van der Waals surface area contributed by atoms with E-state index < -0.39 is 14.9 Å². The number of anilines is 1. The van der Waals surface area contributed by atoms with Crippen LogP contribution in [0.25, 0.3) is 21.9 Å². The number of nitro benzene ring substituents is 1. The van der Waals surface area contributed by atoms with Gasteiger partial charge in [0.25, 0.3) is 15.7 Å². The van der Waals surface area contributed by atoms with Gasteiger partial charge >= 0.3 is 0 Å². The van der Waals surface area contributed by atoms with Crippen molar-refractivity contribution in [2.75, 3.05) is 4.72 Å². The minimum Gasteiger partial charge on any atom is -0.261 e. The average molecular weight is 425 g/mol. The molecule has 30 heavy (non-hydrogen) atoms. The largest absolute Gasteiger partial charge is 0.269 e. The molecule has 2 heterocycles. The molecule has 0 aliphatic rings. The Kier molecular flexibility index (Phi) is 5.08. The Morgan fingerprint density at radius 3 is 2.57 bits per heavy atom. The van der Waals surface area contributed by atoms with Gasteiger partial charge in [0.2, 0.25) is 0 Å². The number of benzene rings is 2. The van der Waals surface area contributed by atoms with Crippen LogP contribution < -0.4 is 4.72 Å². The van der Waals surface area contributed by atoms with Gasteiger partial charge in [0.05, 0.1) is 20.7 Å². The molecule has 2 aromatic heterocycles. The van der Waals surface area contributed by atoms with Crippen molar-refractivity contribution in [2.24, 2.45) is 0 Å². The molecule has 4 aromatic rings. The Morgan fingerprint density at radius 1 is 1.13 bits per heavy atom. The molecule has 4 rings (SSSR count). The Labute approximate surface area is 172 Å². The smallest absolute Gasteiger partial charge is 0.261 e. The van der Waals surface area contributed by atoms with Crippen LogP contribution >= 0.6 is 0 Å². The van der Waals surface area contributed by atoms with Crippen LogP contribution in [0.15, 0.2) is 59.5 Å². The molecule has 0 aliphatic heterocycles. The van der Waals surface area contributed by atoms with Gasteiger partial charge in [-0.2, -0.15) is 5.10 Å². The molecule has 0 bridgehead atoms. The van der Waals surface area contributed by atoms with Gasteiger partial charge in [-0.15, -0.1) is 0 Å². The summed E-state index contributed by atoms with van der Waals surface area (Å²) in [6.45, 7) is 2.67. The SMILES string of the molecule is CCCCn1nc(NS(=O)(=O)c2ccc([N+](=O)[O-])cc2)c2cc3ccccc3nc21. The first-order chi connectivity index (χ1) is 14.4. The maximum Gasteiger partial charge on any atom is 0.269 e.